The second-order valence-corrected chi connectivity index (χ2v) is 8.97. The summed E-state index contributed by atoms with van der Waals surface area (Å²) in [6.07, 6.45) is -3.29. The van der Waals surface area contributed by atoms with Crippen LogP contribution < -0.4 is 10.1 Å². The van der Waals surface area contributed by atoms with Crippen LogP contribution in [0.4, 0.5) is 24.5 Å². The molecule has 1 heterocycles. The summed E-state index contributed by atoms with van der Waals surface area (Å²) in [6, 6.07) is 11.0. The maximum Gasteiger partial charge on any atom is 0.436 e. The number of nitrogens with zero attached hydrogens (tertiary/aromatic N) is 3. The van der Waals surface area contributed by atoms with E-state index in [1.54, 1.807) is 12.1 Å². The predicted octanol–water partition coefficient (Wildman–Crippen LogP) is 6.58. The SMILES string of the molecule is Cc1ccccc1Oc1cc(NC(=O)CCn2nc(C(F)(F)F)c(Br)c2C2CC2)cc([N+](=O)[O-])c1. The molecule has 1 aliphatic carbocycles. The van der Waals surface area contributed by atoms with Gasteiger partial charge in [0.2, 0.25) is 5.91 Å². The number of nitro benzene ring substituents is 1. The van der Waals surface area contributed by atoms with Crippen LogP contribution in [-0.4, -0.2) is 20.6 Å². The number of aryl methyl sites for hydroxylation is 2. The van der Waals surface area contributed by atoms with Crippen LogP contribution in [0.5, 0.6) is 11.5 Å². The number of ether oxygens (including phenoxy) is 1. The molecule has 1 aliphatic rings. The molecule has 0 bridgehead atoms. The van der Waals surface area contributed by atoms with E-state index in [-0.39, 0.29) is 40.5 Å². The van der Waals surface area contributed by atoms with Gasteiger partial charge in [0.15, 0.2) is 5.69 Å². The monoisotopic (exact) mass is 552 g/mol. The fourth-order valence-electron chi connectivity index (χ4n) is 3.60. The van der Waals surface area contributed by atoms with Crippen molar-refractivity contribution in [1.29, 1.82) is 0 Å². The number of rotatable bonds is 8. The molecule has 35 heavy (non-hydrogen) atoms. The molecule has 12 heteroatoms. The number of anilines is 1. The first-order chi connectivity index (χ1) is 16.5. The first-order valence-corrected chi connectivity index (χ1v) is 11.5. The zero-order chi connectivity index (χ0) is 25.3. The van der Waals surface area contributed by atoms with Gasteiger partial charge in [0.1, 0.15) is 11.5 Å². The number of hydrogen-bond acceptors (Lipinski definition) is 5. The number of nitro groups is 1. The van der Waals surface area contributed by atoms with Crippen LogP contribution in [0.3, 0.4) is 0 Å². The maximum absolute atomic E-state index is 13.3. The van der Waals surface area contributed by atoms with Gasteiger partial charge in [-0.15, -0.1) is 0 Å². The van der Waals surface area contributed by atoms with E-state index in [2.05, 4.69) is 26.3 Å². The molecule has 2 aromatic carbocycles. The van der Waals surface area contributed by atoms with Crippen molar-refractivity contribution in [1.82, 2.24) is 9.78 Å². The van der Waals surface area contributed by atoms with E-state index in [0.29, 0.717) is 11.4 Å². The van der Waals surface area contributed by atoms with Gasteiger partial charge in [-0.25, -0.2) is 0 Å². The van der Waals surface area contributed by atoms with Crippen molar-refractivity contribution in [3.05, 3.63) is 74.0 Å². The number of amides is 1. The molecule has 0 radical (unpaired) electrons. The maximum atomic E-state index is 13.3. The van der Waals surface area contributed by atoms with Crippen LogP contribution in [0, 0.1) is 17.0 Å². The van der Waals surface area contributed by atoms with E-state index in [1.165, 1.54) is 22.9 Å². The predicted molar refractivity (Wildman–Crippen MR) is 125 cm³/mol. The number of alkyl halides is 3. The van der Waals surface area contributed by atoms with Crippen LogP contribution in [0.25, 0.3) is 0 Å². The molecule has 1 aromatic heterocycles. The van der Waals surface area contributed by atoms with E-state index in [1.807, 2.05) is 19.1 Å². The summed E-state index contributed by atoms with van der Waals surface area (Å²) in [7, 11) is 0. The Bertz CT molecular complexity index is 1290. The highest BCUT2D eigenvalue weighted by molar-refractivity contribution is 9.10. The van der Waals surface area contributed by atoms with E-state index in [4.69, 9.17) is 4.74 Å². The van der Waals surface area contributed by atoms with Crippen molar-refractivity contribution in [2.24, 2.45) is 0 Å². The molecule has 0 atom stereocenters. The third-order valence-corrected chi connectivity index (χ3v) is 6.20. The first kappa shape index (κ1) is 24.7. The number of carbonyl (C=O) groups is 1. The summed E-state index contributed by atoms with van der Waals surface area (Å²) >= 11 is 3.02. The van der Waals surface area contributed by atoms with Crippen LogP contribution in [0.2, 0.25) is 0 Å². The number of halogens is 4. The van der Waals surface area contributed by atoms with Crippen molar-refractivity contribution >= 4 is 33.2 Å². The Morgan fingerprint density at radius 1 is 1.29 bits per heavy atom. The highest BCUT2D eigenvalue weighted by Crippen LogP contribution is 2.47. The zero-order valence-electron chi connectivity index (χ0n) is 18.4. The van der Waals surface area contributed by atoms with Gasteiger partial charge >= 0.3 is 6.18 Å². The summed E-state index contributed by atoms with van der Waals surface area (Å²) in [4.78, 5) is 23.3. The van der Waals surface area contributed by atoms with Gasteiger partial charge in [-0.2, -0.15) is 18.3 Å². The number of para-hydroxylation sites is 1. The summed E-state index contributed by atoms with van der Waals surface area (Å²) in [6.45, 7) is 1.75. The standard InChI is InChI=1S/C23H20BrF3N4O4/c1-13-4-2-3-5-18(13)35-17-11-15(10-16(12-17)31(33)34)28-19(32)8-9-30-21(14-6-7-14)20(24)22(29-30)23(25,26)27/h2-5,10-12,14H,6-9H2,1H3,(H,28,32). The summed E-state index contributed by atoms with van der Waals surface area (Å²) in [5.74, 6) is 0.0940. The van der Waals surface area contributed by atoms with Crippen molar-refractivity contribution in [3.8, 4) is 11.5 Å². The minimum Gasteiger partial charge on any atom is -0.457 e. The molecule has 0 saturated heterocycles. The molecule has 1 amide bonds. The van der Waals surface area contributed by atoms with Crippen LogP contribution in [0.1, 0.15) is 42.1 Å². The zero-order valence-corrected chi connectivity index (χ0v) is 20.0. The second kappa shape index (κ2) is 9.68. The lowest BCUT2D eigenvalue weighted by atomic mass is 10.2. The average molecular weight is 553 g/mol. The lowest BCUT2D eigenvalue weighted by molar-refractivity contribution is -0.384. The van der Waals surface area contributed by atoms with E-state index in [0.717, 1.165) is 18.4 Å². The van der Waals surface area contributed by atoms with Gasteiger partial charge in [-0.3, -0.25) is 19.6 Å². The van der Waals surface area contributed by atoms with E-state index in [9.17, 15) is 28.1 Å². The molecular formula is C23H20BrF3N4O4. The first-order valence-electron chi connectivity index (χ1n) is 10.7. The molecule has 3 aromatic rings. The second-order valence-electron chi connectivity index (χ2n) is 8.18. The van der Waals surface area contributed by atoms with Gasteiger partial charge in [0, 0.05) is 24.5 Å². The Labute approximate surface area is 206 Å². The fraction of sp³-hybridized carbons (Fsp3) is 0.304. The highest BCUT2D eigenvalue weighted by atomic mass is 79.9. The van der Waals surface area contributed by atoms with Crippen molar-refractivity contribution in [2.45, 2.75) is 44.8 Å². The molecule has 1 N–H and O–H groups in total. The van der Waals surface area contributed by atoms with Crippen molar-refractivity contribution < 1.29 is 27.6 Å². The van der Waals surface area contributed by atoms with Crippen LogP contribution >= 0.6 is 15.9 Å². The molecule has 0 unspecified atom stereocenters. The number of aromatic nitrogens is 2. The summed E-state index contributed by atoms with van der Waals surface area (Å²) in [5, 5.41) is 17.6. The third kappa shape index (κ3) is 5.81. The molecule has 1 fully saturated rings. The normalized spacial score (nSPS) is 13.5. The fourth-order valence-corrected chi connectivity index (χ4v) is 4.43. The minimum atomic E-state index is -4.62. The Morgan fingerprint density at radius 2 is 2.00 bits per heavy atom. The van der Waals surface area contributed by atoms with Crippen molar-refractivity contribution in [2.75, 3.05) is 5.32 Å². The van der Waals surface area contributed by atoms with E-state index < -0.39 is 22.7 Å². The summed E-state index contributed by atoms with van der Waals surface area (Å²) in [5.41, 5.74) is 0.0756. The van der Waals surface area contributed by atoms with Gasteiger partial charge in [0.05, 0.1) is 33.4 Å². The molecule has 0 aliphatic heterocycles. The smallest absolute Gasteiger partial charge is 0.436 e. The molecule has 4 rings (SSSR count). The highest BCUT2D eigenvalue weighted by Gasteiger charge is 2.41. The number of carbonyl (C=O) groups excluding carboxylic acids is 1. The number of hydrogen-bond donors (Lipinski definition) is 1. The molecule has 8 nitrogen and oxygen atoms in total. The lowest BCUT2D eigenvalue weighted by Crippen LogP contribution is -2.16. The topological polar surface area (TPSA) is 99.3 Å². The van der Waals surface area contributed by atoms with Crippen LogP contribution in [0.15, 0.2) is 46.9 Å². The quantitative estimate of drug-likeness (QED) is 0.251. The van der Waals surface area contributed by atoms with Gasteiger partial charge in [-0.05, 0) is 47.3 Å². The summed E-state index contributed by atoms with van der Waals surface area (Å²) < 4.78 is 46.7. The van der Waals surface area contributed by atoms with Gasteiger partial charge in [-0.1, -0.05) is 18.2 Å². The van der Waals surface area contributed by atoms with Crippen LogP contribution in [-0.2, 0) is 17.5 Å². The molecule has 184 valence electrons. The molecule has 0 spiro atoms. The molecular weight excluding hydrogens is 533 g/mol. The Kier molecular flexibility index (Phi) is 6.84. The Morgan fingerprint density at radius 3 is 2.63 bits per heavy atom. The number of non-ortho nitro benzene ring substituents is 1. The average Bonchev–Trinajstić information content (AvgIpc) is 3.55. The number of benzene rings is 2. The number of nitrogens with one attached hydrogen (secondary N) is 1. The third-order valence-electron chi connectivity index (χ3n) is 5.42. The largest absolute Gasteiger partial charge is 0.457 e. The van der Waals surface area contributed by atoms with Gasteiger partial charge < -0.3 is 10.1 Å². The Balaban J connectivity index is 1.50. The van der Waals surface area contributed by atoms with Crippen molar-refractivity contribution in [3.63, 3.8) is 0 Å². The minimum absolute atomic E-state index is 0.0334. The Hall–Kier alpha value is -3.41. The molecule has 1 saturated carbocycles. The van der Waals surface area contributed by atoms with E-state index >= 15 is 0 Å². The van der Waals surface area contributed by atoms with Gasteiger partial charge in [0.25, 0.3) is 5.69 Å². The lowest BCUT2D eigenvalue weighted by Gasteiger charge is -2.11.